The third-order valence-electron chi connectivity index (χ3n) is 3.65. The van der Waals surface area contributed by atoms with E-state index in [2.05, 4.69) is 0 Å². The van der Waals surface area contributed by atoms with Gasteiger partial charge in [-0.05, 0) is 26.7 Å². The van der Waals surface area contributed by atoms with Crippen LogP contribution in [0.5, 0.6) is 0 Å². The van der Waals surface area contributed by atoms with Gasteiger partial charge in [0.25, 0.3) is 0 Å². The normalized spacial score (nSPS) is 18.0. The Morgan fingerprint density at radius 1 is 1.30 bits per heavy atom. The summed E-state index contributed by atoms with van der Waals surface area (Å²) in [7, 11) is 0. The molecule has 1 amide bonds. The Hall–Kier alpha value is -0.750. The number of nitrogens with two attached hydrogens (primary N) is 1. The Labute approximate surface area is 125 Å². The summed E-state index contributed by atoms with van der Waals surface area (Å²) in [6.45, 7) is 4.08. The van der Waals surface area contributed by atoms with Crippen molar-refractivity contribution in [1.29, 1.82) is 0 Å². The van der Waals surface area contributed by atoms with Crippen LogP contribution in [0.1, 0.15) is 46.0 Å². The first kappa shape index (κ1) is 17.3. The predicted octanol–water partition coefficient (Wildman–Crippen LogP) is 1.70. The summed E-state index contributed by atoms with van der Waals surface area (Å²) in [6.07, 6.45) is 5.82. The molecule has 0 saturated heterocycles. The number of aliphatic carboxylic acids is 1. The highest BCUT2D eigenvalue weighted by Gasteiger charge is 2.27. The lowest BCUT2D eigenvalue weighted by Gasteiger charge is -2.37. The molecule has 1 rings (SSSR count). The molecule has 116 valence electrons. The van der Waals surface area contributed by atoms with Crippen LogP contribution in [0.25, 0.3) is 0 Å². The Kier molecular flexibility index (Phi) is 7.37. The Bertz CT molecular complexity index is 330. The van der Waals surface area contributed by atoms with Crippen LogP contribution in [-0.2, 0) is 9.59 Å². The van der Waals surface area contributed by atoms with E-state index < -0.39 is 12.0 Å². The number of carbonyl (C=O) groups is 2. The summed E-state index contributed by atoms with van der Waals surface area (Å²) in [5.74, 6) is -0.319. The highest BCUT2D eigenvalue weighted by atomic mass is 32.2. The summed E-state index contributed by atoms with van der Waals surface area (Å²) in [4.78, 5) is 25.0. The fourth-order valence-electron chi connectivity index (χ4n) is 2.69. The minimum atomic E-state index is -1.02. The third-order valence-corrected chi connectivity index (χ3v) is 4.70. The van der Waals surface area contributed by atoms with Crippen molar-refractivity contribution in [3.8, 4) is 0 Å². The first-order chi connectivity index (χ1) is 9.43. The maximum Gasteiger partial charge on any atom is 0.321 e. The number of carboxylic acids is 1. The smallest absolute Gasteiger partial charge is 0.321 e. The lowest BCUT2D eigenvalue weighted by molar-refractivity contribution is -0.138. The minimum absolute atomic E-state index is 0.106. The molecule has 0 spiro atoms. The van der Waals surface area contributed by atoms with Crippen LogP contribution >= 0.6 is 11.8 Å². The topological polar surface area (TPSA) is 83.6 Å². The number of rotatable bonds is 7. The fraction of sp³-hybridized carbons (Fsp3) is 0.857. The molecule has 0 aromatic heterocycles. The molecule has 5 nitrogen and oxygen atoms in total. The number of nitrogens with zero attached hydrogens (tertiary/aromatic N) is 1. The summed E-state index contributed by atoms with van der Waals surface area (Å²) in [5.41, 5.74) is 5.44. The molecule has 1 saturated carbocycles. The Balaban J connectivity index is 2.46. The average molecular weight is 302 g/mol. The van der Waals surface area contributed by atoms with Crippen LogP contribution in [0.15, 0.2) is 0 Å². The van der Waals surface area contributed by atoms with Crippen molar-refractivity contribution in [2.24, 2.45) is 5.73 Å². The quantitative estimate of drug-likeness (QED) is 0.748. The van der Waals surface area contributed by atoms with Gasteiger partial charge in [-0.25, -0.2) is 0 Å². The second-order valence-electron chi connectivity index (χ2n) is 5.65. The monoisotopic (exact) mass is 302 g/mol. The molecular weight excluding hydrogens is 276 g/mol. The molecule has 6 heteroatoms. The zero-order valence-electron chi connectivity index (χ0n) is 12.4. The number of carboxylic acid groups (broad SMARTS) is 1. The summed E-state index contributed by atoms with van der Waals surface area (Å²) < 4.78 is 0. The van der Waals surface area contributed by atoms with E-state index in [1.165, 1.54) is 31.0 Å². The molecule has 1 aliphatic rings. The zero-order chi connectivity index (χ0) is 15.1. The highest BCUT2D eigenvalue weighted by Crippen LogP contribution is 2.25. The van der Waals surface area contributed by atoms with Crippen molar-refractivity contribution in [1.82, 2.24) is 4.90 Å². The van der Waals surface area contributed by atoms with Crippen LogP contribution in [0.4, 0.5) is 0 Å². The van der Waals surface area contributed by atoms with Crippen molar-refractivity contribution in [3.05, 3.63) is 0 Å². The van der Waals surface area contributed by atoms with Gasteiger partial charge >= 0.3 is 5.97 Å². The molecule has 0 aromatic carbocycles. The molecule has 1 aliphatic carbocycles. The number of amides is 1. The van der Waals surface area contributed by atoms with Gasteiger partial charge < -0.3 is 15.7 Å². The summed E-state index contributed by atoms with van der Waals surface area (Å²) in [5, 5.41) is 8.71. The SMILES string of the molecule is CC(C)N(C(=O)CSC[C@@H](N)C(=O)O)C1CCCCC1. The molecular formula is C14H26N2O3S. The molecule has 0 aromatic rings. The van der Waals surface area contributed by atoms with Gasteiger partial charge in [0, 0.05) is 17.8 Å². The van der Waals surface area contributed by atoms with Gasteiger partial charge in [-0.15, -0.1) is 11.8 Å². The molecule has 1 atom stereocenters. The summed E-state index contributed by atoms with van der Waals surface area (Å²) in [6, 6.07) is -0.348. The van der Waals surface area contributed by atoms with Crippen LogP contribution in [0.2, 0.25) is 0 Å². The van der Waals surface area contributed by atoms with Crippen LogP contribution in [0.3, 0.4) is 0 Å². The molecule has 0 bridgehead atoms. The van der Waals surface area contributed by atoms with Crippen LogP contribution < -0.4 is 5.73 Å². The number of thioether (sulfide) groups is 1. The van der Waals surface area contributed by atoms with E-state index in [0.717, 1.165) is 12.8 Å². The average Bonchev–Trinajstić information content (AvgIpc) is 2.39. The molecule has 0 heterocycles. The van der Waals surface area contributed by atoms with Crippen LogP contribution in [0, 0.1) is 0 Å². The van der Waals surface area contributed by atoms with E-state index in [0.29, 0.717) is 11.8 Å². The second kappa shape index (κ2) is 8.52. The van der Waals surface area contributed by atoms with Crippen molar-refractivity contribution < 1.29 is 14.7 Å². The van der Waals surface area contributed by atoms with Crippen LogP contribution in [-0.4, -0.2) is 51.5 Å². The van der Waals surface area contributed by atoms with Gasteiger partial charge in [-0.2, -0.15) is 0 Å². The summed E-state index contributed by atoms with van der Waals surface area (Å²) >= 11 is 1.31. The lowest BCUT2D eigenvalue weighted by Crippen LogP contribution is -2.46. The Morgan fingerprint density at radius 3 is 2.40 bits per heavy atom. The van der Waals surface area contributed by atoms with E-state index in [9.17, 15) is 9.59 Å². The zero-order valence-corrected chi connectivity index (χ0v) is 13.2. The van der Waals surface area contributed by atoms with Gasteiger partial charge in [-0.1, -0.05) is 19.3 Å². The van der Waals surface area contributed by atoms with Crippen molar-refractivity contribution >= 4 is 23.6 Å². The molecule has 1 fully saturated rings. The van der Waals surface area contributed by atoms with Gasteiger partial charge in [-0.3, -0.25) is 9.59 Å². The largest absolute Gasteiger partial charge is 0.480 e. The number of hydrogen-bond donors (Lipinski definition) is 2. The van der Waals surface area contributed by atoms with Gasteiger partial charge in [0.15, 0.2) is 0 Å². The van der Waals surface area contributed by atoms with E-state index in [1.54, 1.807) is 0 Å². The van der Waals surface area contributed by atoms with Gasteiger partial charge in [0.05, 0.1) is 5.75 Å². The van der Waals surface area contributed by atoms with Gasteiger partial charge in [0.2, 0.25) is 5.91 Å². The first-order valence-corrected chi connectivity index (χ1v) is 8.46. The van der Waals surface area contributed by atoms with Crippen molar-refractivity contribution in [2.75, 3.05) is 11.5 Å². The fourth-order valence-corrected chi connectivity index (χ4v) is 3.53. The van der Waals surface area contributed by atoms with E-state index >= 15 is 0 Å². The standard InChI is InChI=1S/C14H26N2O3S/c1-10(2)16(11-6-4-3-5-7-11)13(17)9-20-8-12(15)14(18)19/h10-12H,3-9,15H2,1-2H3,(H,18,19)/t12-/m1/s1. The molecule has 0 unspecified atom stereocenters. The minimum Gasteiger partial charge on any atom is -0.480 e. The van der Waals surface area contributed by atoms with Gasteiger partial charge in [0.1, 0.15) is 6.04 Å². The van der Waals surface area contributed by atoms with Crippen molar-refractivity contribution in [3.63, 3.8) is 0 Å². The molecule has 3 N–H and O–H groups in total. The maximum absolute atomic E-state index is 12.4. The highest BCUT2D eigenvalue weighted by molar-refractivity contribution is 8.00. The van der Waals surface area contributed by atoms with E-state index in [4.69, 9.17) is 10.8 Å². The first-order valence-electron chi connectivity index (χ1n) is 7.30. The van der Waals surface area contributed by atoms with Crippen molar-refractivity contribution in [2.45, 2.75) is 64.1 Å². The number of hydrogen-bond acceptors (Lipinski definition) is 4. The number of carbonyl (C=O) groups excluding carboxylic acids is 1. The Morgan fingerprint density at radius 2 is 1.90 bits per heavy atom. The molecule has 0 radical (unpaired) electrons. The van der Waals surface area contributed by atoms with E-state index in [1.807, 2.05) is 18.7 Å². The lowest BCUT2D eigenvalue weighted by atomic mass is 9.93. The predicted molar refractivity (Wildman–Crippen MR) is 81.8 cm³/mol. The van der Waals surface area contributed by atoms with E-state index in [-0.39, 0.29) is 17.7 Å². The molecule has 0 aliphatic heterocycles. The second-order valence-corrected chi connectivity index (χ2v) is 6.68. The maximum atomic E-state index is 12.4. The molecule has 20 heavy (non-hydrogen) atoms. The third kappa shape index (κ3) is 5.32.